The van der Waals surface area contributed by atoms with E-state index >= 15 is 0 Å². The van der Waals surface area contributed by atoms with Crippen LogP contribution in [0, 0.1) is 11.3 Å². The molecule has 0 heterocycles. The molecule has 3 nitrogen and oxygen atoms in total. The molecule has 0 saturated heterocycles. The second-order valence-electron chi connectivity index (χ2n) is 4.38. The van der Waals surface area contributed by atoms with Crippen molar-refractivity contribution in [3.05, 3.63) is 0 Å². The second kappa shape index (κ2) is 9.62. The van der Waals surface area contributed by atoms with Gasteiger partial charge in [-0.25, -0.2) is 0 Å². The molecular weight excluding hydrogens is 198 g/mol. The summed E-state index contributed by atoms with van der Waals surface area (Å²) in [7, 11) is 2.16. The molecule has 3 heteroatoms. The molecule has 0 bridgehead atoms. The van der Waals surface area contributed by atoms with Crippen LogP contribution in [0.4, 0.5) is 0 Å². The average molecular weight is 225 g/mol. The van der Waals surface area contributed by atoms with Crippen molar-refractivity contribution in [2.45, 2.75) is 58.5 Å². The number of rotatable bonds is 9. The molecule has 0 aromatic rings. The first-order valence-electron chi connectivity index (χ1n) is 6.52. The summed E-state index contributed by atoms with van der Waals surface area (Å²) < 4.78 is 0. The molecule has 0 rings (SSSR count). The van der Waals surface area contributed by atoms with Gasteiger partial charge in [0.25, 0.3) is 0 Å². The van der Waals surface area contributed by atoms with Gasteiger partial charge in [0.15, 0.2) is 0 Å². The second-order valence-corrected chi connectivity index (χ2v) is 4.38. The van der Waals surface area contributed by atoms with Crippen LogP contribution in [-0.4, -0.2) is 37.1 Å². The van der Waals surface area contributed by atoms with Gasteiger partial charge in [-0.05, 0) is 39.3 Å². The zero-order chi connectivity index (χ0) is 12.4. The van der Waals surface area contributed by atoms with Crippen molar-refractivity contribution in [3.8, 4) is 6.07 Å². The van der Waals surface area contributed by atoms with Crippen LogP contribution in [-0.2, 0) is 0 Å². The van der Waals surface area contributed by atoms with Crippen LogP contribution in [0.1, 0.15) is 46.5 Å². The third kappa shape index (κ3) is 6.09. The molecule has 0 aliphatic heterocycles. The molecule has 0 aliphatic carbocycles. The van der Waals surface area contributed by atoms with E-state index in [1.54, 1.807) is 0 Å². The van der Waals surface area contributed by atoms with Crippen LogP contribution >= 0.6 is 0 Å². The Labute approximate surface area is 101 Å². The number of nitriles is 1. The van der Waals surface area contributed by atoms with Crippen LogP contribution in [0.15, 0.2) is 0 Å². The van der Waals surface area contributed by atoms with Gasteiger partial charge in [0.2, 0.25) is 0 Å². The molecule has 1 atom stereocenters. The highest BCUT2D eigenvalue weighted by Gasteiger charge is 2.12. The Morgan fingerprint density at radius 2 is 1.88 bits per heavy atom. The van der Waals surface area contributed by atoms with Crippen LogP contribution in [0.2, 0.25) is 0 Å². The number of hydrogen-bond acceptors (Lipinski definition) is 3. The average Bonchev–Trinajstić information content (AvgIpc) is 2.31. The number of hydrogen-bond donors (Lipinski definition) is 1. The van der Waals surface area contributed by atoms with Crippen LogP contribution in [0.5, 0.6) is 0 Å². The smallest absolute Gasteiger partial charge is 0.0965 e. The molecule has 16 heavy (non-hydrogen) atoms. The standard InChI is InChI=1S/C13H27N3/c1-5-9-15-12(11-14)8-10-16(4)13(6-2)7-3/h12-13,15H,5-10H2,1-4H3. The van der Waals surface area contributed by atoms with Crippen molar-refractivity contribution >= 4 is 0 Å². The third-order valence-corrected chi connectivity index (χ3v) is 3.13. The lowest BCUT2D eigenvalue weighted by atomic mass is 10.1. The summed E-state index contributed by atoms with van der Waals surface area (Å²) in [5.74, 6) is 0. The summed E-state index contributed by atoms with van der Waals surface area (Å²) in [5, 5.41) is 12.2. The first-order chi connectivity index (χ1) is 7.69. The predicted molar refractivity (Wildman–Crippen MR) is 69.3 cm³/mol. The van der Waals surface area contributed by atoms with E-state index in [0.717, 1.165) is 25.9 Å². The molecule has 0 amide bonds. The SMILES string of the molecule is CCCNC(C#N)CCN(C)C(CC)CC. The Hall–Kier alpha value is -0.590. The van der Waals surface area contributed by atoms with Gasteiger partial charge in [-0.1, -0.05) is 20.8 Å². The lowest BCUT2D eigenvalue weighted by Crippen LogP contribution is -2.36. The Kier molecular flexibility index (Phi) is 9.27. The van der Waals surface area contributed by atoms with Crippen molar-refractivity contribution in [2.75, 3.05) is 20.1 Å². The molecular formula is C13H27N3. The zero-order valence-corrected chi connectivity index (χ0v) is 11.3. The Balaban J connectivity index is 3.87. The maximum absolute atomic E-state index is 8.99. The van der Waals surface area contributed by atoms with Crippen LogP contribution in [0.25, 0.3) is 0 Å². The topological polar surface area (TPSA) is 39.1 Å². The molecule has 0 spiro atoms. The summed E-state index contributed by atoms with van der Waals surface area (Å²) in [4.78, 5) is 2.37. The van der Waals surface area contributed by atoms with Gasteiger partial charge in [0.1, 0.15) is 0 Å². The van der Waals surface area contributed by atoms with Crippen molar-refractivity contribution in [1.29, 1.82) is 5.26 Å². The molecule has 1 unspecified atom stereocenters. The molecule has 0 aromatic carbocycles. The number of nitrogens with zero attached hydrogens (tertiary/aromatic N) is 2. The monoisotopic (exact) mass is 225 g/mol. The van der Waals surface area contributed by atoms with E-state index in [2.05, 4.69) is 44.1 Å². The lowest BCUT2D eigenvalue weighted by Gasteiger charge is -2.26. The minimum absolute atomic E-state index is 0.0109. The third-order valence-electron chi connectivity index (χ3n) is 3.13. The van der Waals surface area contributed by atoms with Crippen molar-refractivity contribution in [1.82, 2.24) is 10.2 Å². The van der Waals surface area contributed by atoms with Crippen molar-refractivity contribution in [2.24, 2.45) is 0 Å². The van der Waals surface area contributed by atoms with Gasteiger partial charge in [0, 0.05) is 12.6 Å². The lowest BCUT2D eigenvalue weighted by molar-refractivity contribution is 0.222. The fraction of sp³-hybridized carbons (Fsp3) is 0.923. The van der Waals surface area contributed by atoms with E-state index in [4.69, 9.17) is 5.26 Å². The van der Waals surface area contributed by atoms with Gasteiger partial charge < -0.3 is 10.2 Å². The van der Waals surface area contributed by atoms with Gasteiger partial charge >= 0.3 is 0 Å². The maximum Gasteiger partial charge on any atom is 0.0965 e. The molecule has 0 saturated carbocycles. The minimum atomic E-state index is 0.0109. The molecule has 94 valence electrons. The fourth-order valence-electron chi connectivity index (χ4n) is 1.96. The van der Waals surface area contributed by atoms with Crippen molar-refractivity contribution in [3.63, 3.8) is 0 Å². The summed E-state index contributed by atoms with van der Waals surface area (Å²) in [6, 6.07) is 3.00. The van der Waals surface area contributed by atoms with Gasteiger partial charge in [-0.15, -0.1) is 0 Å². The Bertz CT molecular complexity index is 194. The highest BCUT2D eigenvalue weighted by atomic mass is 15.1. The van der Waals surface area contributed by atoms with E-state index in [1.165, 1.54) is 12.8 Å². The largest absolute Gasteiger partial charge is 0.303 e. The van der Waals surface area contributed by atoms with E-state index < -0.39 is 0 Å². The first-order valence-corrected chi connectivity index (χ1v) is 6.52. The van der Waals surface area contributed by atoms with Crippen LogP contribution in [0.3, 0.4) is 0 Å². The Morgan fingerprint density at radius 1 is 1.25 bits per heavy atom. The summed E-state index contributed by atoms with van der Waals surface area (Å²) in [5.41, 5.74) is 0. The summed E-state index contributed by atoms with van der Waals surface area (Å²) in [6.45, 7) is 8.51. The molecule has 1 N–H and O–H groups in total. The normalized spacial score (nSPS) is 13.1. The van der Waals surface area contributed by atoms with Gasteiger partial charge in [-0.3, -0.25) is 0 Å². The van der Waals surface area contributed by atoms with Crippen molar-refractivity contribution < 1.29 is 0 Å². The predicted octanol–water partition coefficient (Wildman–Crippen LogP) is 2.39. The van der Waals surface area contributed by atoms with E-state index in [9.17, 15) is 0 Å². The van der Waals surface area contributed by atoms with E-state index in [-0.39, 0.29) is 6.04 Å². The summed E-state index contributed by atoms with van der Waals surface area (Å²) in [6.07, 6.45) is 4.38. The van der Waals surface area contributed by atoms with Gasteiger partial charge in [-0.2, -0.15) is 5.26 Å². The highest BCUT2D eigenvalue weighted by Crippen LogP contribution is 2.07. The molecule has 0 aliphatic rings. The number of nitrogens with one attached hydrogen (secondary N) is 1. The maximum atomic E-state index is 8.99. The Morgan fingerprint density at radius 3 is 2.31 bits per heavy atom. The zero-order valence-electron chi connectivity index (χ0n) is 11.3. The van der Waals surface area contributed by atoms with E-state index in [1.807, 2.05) is 0 Å². The van der Waals surface area contributed by atoms with E-state index in [0.29, 0.717) is 6.04 Å². The fourth-order valence-corrected chi connectivity index (χ4v) is 1.96. The van der Waals surface area contributed by atoms with Gasteiger partial charge in [0.05, 0.1) is 12.1 Å². The molecule has 0 radical (unpaired) electrons. The molecule has 0 fully saturated rings. The summed E-state index contributed by atoms with van der Waals surface area (Å²) >= 11 is 0. The molecule has 0 aromatic heterocycles. The first kappa shape index (κ1) is 15.4. The quantitative estimate of drug-likeness (QED) is 0.655. The van der Waals surface area contributed by atoms with Crippen LogP contribution < -0.4 is 5.32 Å². The minimum Gasteiger partial charge on any atom is -0.303 e. The highest BCUT2D eigenvalue weighted by molar-refractivity contribution is 4.90.